The fourth-order valence-electron chi connectivity index (χ4n) is 5.26. The molecule has 0 bridgehead atoms. The molecule has 4 aromatic carbocycles. The lowest BCUT2D eigenvalue weighted by atomic mass is 9.93. The standard InChI is InChI=1S/C25H21FN2OS.C10H10N2/c1-16-8-4-6-10-20(16)28-15-14-27-24(28)22-19(25(2,3)30-26)13-12-18-17-9-5-7-11-21(17)29-23(18)22;1-2-5-10-9(4-1)8-11-6-3-7-12-10/h4-15H,1-3H3;1-7,12H,8H2/b;7-3-,11-6?. The molecule has 3 heterocycles. The number of furan rings is 1. The van der Waals surface area contributed by atoms with Gasteiger partial charge >= 0.3 is 0 Å². The monoisotopic (exact) mass is 574 g/mol. The van der Waals surface area contributed by atoms with Gasteiger partial charge in [0.2, 0.25) is 0 Å². The van der Waals surface area contributed by atoms with E-state index in [0.717, 1.165) is 62.4 Å². The van der Waals surface area contributed by atoms with Crippen LogP contribution in [0.1, 0.15) is 30.5 Å². The van der Waals surface area contributed by atoms with Crippen molar-refractivity contribution < 1.29 is 8.30 Å². The highest BCUT2D eigenvalue weighted by molar-refractivity contribution is 7.95. The number of anilines is 1. The Bertz CT molecular complexity index is 1900. The molecule has 0 amide bonds. The zero-order valence-electron chi connectivity index (χ0n) is 23.7. The smallest absolute Gasteiger partial charge is 0.148 e. The molecule has 0 spiro atoms. The van der Waals surface area contributed by atoms with Gasteiger partial charge in [-0.3, -0.25) is 9.56 Å². The molecule has 0 saturated heterocycles. The Balaban J connectivity index is 0.000000219. The Labute approximate surface area is 249 Å². The summed E-state index contributed by atoms with van der Waals surface area (Å²) in [6.45, 7) is 6.59. The third-order valence-corrected chi connectivity index (χ3v) is 8.04. The molecule has 2 aromatic heterocycles. The Kier molecular flexibility index (Phi) is 7.68. The largest absolute Gasteiger partial charge is 0.455 e. The highest BCUT2D eigenvalue weighted by atomic mass is 32.2. The van der Waals surface area contributed by atoms with E-state index in [2.05, 4.69) is 46.1 Å². The number of nitrogens with zero attached hydrogens (tertiary/aromatic N) is 3. The highest BCUT2D eigenvalue weighted by Gasteiger charge is 2.30. The van der Waals surface area contributed by atoms with E-state index in [4.69, 9.17) is 9.40 Å². The molecule has 7 heteroatoms. The average molecular weight is 575 g/mol. The van der Waals surface area contributed by atoms with E-state index in [9.17, 15) is 3.89 Å². The van der Waals surface area contributed by atoms with Gasteiger partial charge in [0.05, 0.1) is 29.0 Å². The number of aromatic nitrogens is 2. The van der Waals surface area contributed by atoms with Crippen LogP contribution >= 0.6 is 12.1 Å². The zero-order valence-corrected chi connectivity index (χ0v) is 24.5. The number of imidazole rings is 1. The summed E-state index contributed by atoms with van der Waals surface area (Å²) >= 11 is 0.333. The predicted octanol–water partition coefficient (Wildman–Crippen LogP) is 9.80. The van der Waals surface area contributed by atoms with Gasteiger partial charge in [-0.15, -0.1) is 0 Å². The summed E-state index contributed by atoms with van der Waals surface area (Å²) in [4.78, 5) is 8.92. The molecular formula is C35H31FN4OS. The maximum atomic E-state index is 14.0. The van der Waals surface area contributed by atoms with Gasteiger partial charge in [-0.1, -0.05) is 66.7 Å². The number of benzene rings is 4. The summed E-state index contributed by atoms with van der Waals surface area (Å²) in [6, 6.07) is 28.3. The number of hydrogen-bond acceptors (Lipinski definition) is 5. The van der Waals surface area contributed by atoms with Crippen molar-refractivity contribution in [3.63, 3.8) is 0 Å². The van der Waals surface area contributed by atoms with E-state index >= 15 is 0 Å². The Morgan fingerprint density at radius 3 is 2.57 bits per heavy atom. The summed E-state index contributed by atoms with van der Waals surface area (Å²) < 4.78 is 21.6. The number of halogens is 1. The van der Waals surface area contributed by atoms with E-state index in [-0.39, 0.29) is 0 Å². The van der Waals surface area contributed by atoms with Gasteiger partial charge in [-0.25, -0.2) is 4.98 Å². The van der Waals surface area contributed by atoms with Crippen molar-refractivity contribution in [2.24, 2.45) is 4.99 Å². The van der Waals surface area contributed by atoms with Gasteiger partial charge in [0.25, 0.3) is 0 Å². The first kappa shape index (κ1) is 27.5. The van der Waals surface area contributed by atoms with E-state index in [1.165, 1.54) is 5.56 Å². The molecule has 1 N–H and O–H groups in total. The third-order valence-electron chi connectivity index (χ3n) is 7.43. The van der Waals surface area contributed by atoms with Crippen LogP contribution in [0.4, 0.5) is 9.57 Å². The topological polar surface area (TPSA) is 55.4 Å². The van der Waals surface area contributed by atoms with Gasteiger partial charge < -0.3 is 9.73 Å². The van der Waals surface area contributed by atoms with Crippen molar-refractivity contribution >= 4 is 46.0 Å². The van der Waals surface area contributed by atoms with Crippen molar-refractivity contribution in [1.29, 1.82) is 0 Å². The number of aliphatic imine (C=N–C) groups is 1. The molecule has 0 aliphatic carbocycles. The Morgan fingerprint density at radius 1 is 0.929 bits per heavy atom. The molecule has 1 aliphatic rings. The van der Waals surface area contributed by atoms with Crippen LogP contribution in [0.5, 0.6) is 0 Å². The van der Waals surface area contributed by atoms with Crippen molar-refractivity contribution in [2.45, 2.75) is 32.1 Å². The first-order valence-electron chi connectivity index (χ1n) is 13.8. The number of rotatable bonds is 4. The van der Waals surface area contributed by atoms with E-state index in [0.29, 0.717) is 12.1 Å². The minimum atomic E-state index is -0.759. The quantitative estimate of drug-likeness (QED) is 0.228. The number of hydrogen-bond donors (Lipinski definition) is 1. The number of fused-ring (bicyclic) bond motifs is 4. The van der Waals surface area contributed by atoms with Crippen LogP contribution in [0.15, 0.2) is 119 Å². The Hall–Kier alpha value is -4.62. The molecule has 42 heavy (non-hydrogen) atoms. The normalized spacial score (nSPS) is 13.5. The highest BCUT2D eigenvalue weighted by Crippen LogP contribution is 2.46. The number of allylic oxidation sites excluding steroid dienone is 1. The summed E-state index contributed by atoms with van der Waals surface area (Å²) in [6.07, 6.45) is 9.32. The first-order chi connectivity index (χ1) is 20.5. The van der Waals surface area contributed by atoms with E-state index in [1.54, 1.807) is 6.20 Å². The maximum absolute atomic E-state index is 14.0. The average Bonchev–Trinajstić information content (AvgIpc) is 3.63. The second-order valence-electron chi connectivity index (χ2n) is 10.6. The van der Waals surface area contributed by atoms with Crippen LogP contribution < -0.4 is 5.32 Å². The molecular weight excluding hydrogens is 543 g/mol. The third kappa shape index (κ3) is 5.23. The SMILES string of the molecule is C1=NCc2ccccc2N/C=C\1.Cc1ccccc1-n1ccnc1-c1c(C(C)(C)SF)ccc2c1oc1ccccc12. The van der Waals surface area contributed by atoms with Crippen LogP contribution in [0.25, 0.3) is 39.0 Å². The molecule has 7 rings (SSSR count). The van der Waals surface area contributed by atoms with Crippen LogP contribution in [0, 0.1) is 6.92 Å². The summed E-state index contributed by atoms with van der Waals surface area (Å²) in [5, 5.41) is 5.24. The van der Waals surface area contributed by atoms with Gasteiger partial charge in [0.1, 0.15) is 17.0 Å². The zero-order chi connectivity index (χ0) is 29.1. The van der Waals surface area contributed by atoms with Crippen molar-refractivity contribution in [1.82, 2.24) is 9.55 Å². The summed E-state index contributed by atoms with van der Waals surface area (Å²) in [7, 11) is 0. The van der Waals surface area contributed by atoms with Crippen LogP contribution in [0.2, 0.25) is 0 Å². The molecule has 0 unspecified atom stereocenters. The predicted molar refractivity (Wildman–Crippen MR) is 174 cm³/mol. The van der Waals surface area contributed by atoms with Gasteiger partial charge in [-0.05, 0) is 61.7 Å². The molecule has 0 saturated carbocycles. The summed E-state index contributed by atoms with van der Waals surface area (Å²) in [5.74, 6) is 0.742. The van der Waals surface area contributed by atoms with Crippen molar-refractivity contribution in [3.05, 3.63) is 126 Å². The fourth-order valence-corrected chi connectivity index (χ4v) is 5.52. The van der Waals surface area contributed by atoms with Gasteiger partial charge in [0.15, 0.2) is 0 Å². The second-order valence-corrected chi connectivity index (χ2v) is 11.8. The second kappa shape index (κ2) is 11.7. The van der Waals surface area contributed by atoms with Crippen molar-refractivity contribution in [2.75, 3.05) is 5.32 Å². The molecule has 0 atom stereocenters. The molecule has 5 nitrogen and oxygen atoms in total. The number of nitrogens with one attached hydrogen (secondary N) is 1. The molecule has 210 valence electrons. The number of aryl methyl sites for hydroxylation is 1. The van der Waals surface area contributed by atoms with Crippen LogP contribution in [-0.4, -0.2) is 15.8 Å². The minimum absolute atomic E-state index is 0.333. The Morgan fingerprint density at radius 2 is 1.71 bits per heavy atom. The van der Waals surface area contributed by atoms with E-state index in [1.807, 2.05) is 99.2 Å². The van der Waals surface area contributed by atoms with Crippen LogP contribution in [0.3, 0.4) is 0 Å². The lowest BCUT2D eigenvalue weighted by Gasteiger charge is -2.23. The fraction of sp³-hybridized carbons (Fsp3) is 0.143. The lowest BCUT2D eigenvalue weighted by Crippen LogP contribution is -2.13. The van der Waals surface area contributed by atoms with Gasteiger partial charge in [0, 0.05) is 47.0 Å². The van der Waals surface area contributed by atoms with Crippen LogP contribution in [-0.2, 0) is 11.3 Å². The minimum Gasteiger partial charge on any atom is -0.455 e. The first-order valence-corrected chi connectivity index (χ1v) is 14.5. The molecule has 0 fully saturated rings. The van der Waals surface area contributed by atoms with Crippen molar-refractivity contribution in [3.8, 4) is 17.1 Å². The summed E-state index contributed by atoms with van der Waals surface area (Å²) in [5.41, 5.74) is 7.77. The number of para-hydroxylation sites is 3. The lowest BCUT2D eigenvalue weighted by molar-refractivity contribution is 0.665. The molecule has 6 aromatic rings. The van der Waals surface area contributed by atoms with Gasteiger partial charge in [-0.2, -0.15) is 3.89 Å². The molecule has 1 aliphatic heterocycles. The molecule has 0 radical (unpaired) electrons. The maximum Gasteiger partial charge on any atom is 0.148 e. The van der Waals surface area contributed by atoms with E-state index < -0.39 is 4.75 Å².